The van der Waals surface area contributed by atoms with Crippen molar-refractivity contribution in [1.29, 1.82) is 0 Å². The molecule has 1 aromatic heterocycles. The van der Waals surface area contributed by atoms with Gasteiger partial charge in [0.1, 0.15) is 5.69 Å². The zero-order valence-corrected chi connectivity index (χ0v) is 13.4. The normalized spacial score (nSPS) is 14.0. The Bertz CT molecular complexity index is 705. The standard InChI is InChI=1S/C16H18N4O2S/c17-16-19-13(10-23-16)14(21)18-9-11-3-5-12(6-4-11)15(22)20-7-1-2-8-20/h3-6,10H,1-2,7-9H2,(H2,17,19)(H,18,21). The zero-order valence-electron chi connectivity index (χ0n) is 12.6. The minimum atomic E-state index is -0.254. The number of hydrogen-bond acceptors (Lipinski definition) is 5. The Balaban J connectivity index is 1.57. The number of nitrogens with zero attached hydrogens (tertiary/aromatic N) is 2. The SMILES string of the molecule is Nc1nc(C(=O)NCc2ccc(C(=O)N3CCCC3)cc2)cs1. The maximum absolute atomic E-state index is 12.2. The second-order valence-corrected chi connectivity index (χ2v) is 6.34. The molecule has 0 saturated carbocycles. The molecule has 7 heteroatoms. The summed E-state index contributed by atoms with van der Waals surface area (Å²) in [7, 11) is 0. The molecule has 23 heavy (non-hydrogen) atoms. The third-order valence-electron chi connectivity index (χ3n) is 3.80. The number of nitrogens with two attached hydrogens (primary N) is 1. The van der Waals surface area contributed by atoms with Crippen LogP contribution in [0.4, 0.5) is 5.13 Å². The Labute approximate surface area is 138 Å². The highest BCUT2D eigenvalue weighted by molar-refractivity contribution is 7.13. The fourth-order valence-electron chi connectivity index (χ4n) is 2.53. The van der Waals surface area contributed by atoms with Crippen LogP contribution in [0.2, 0.25) is 0 Å². The smallest absolute Gasteiger partial charge is 0.271 e. The summed E-state index contributed by atoms with van der Waals surface area (Å²) in [5.74, 6) is -0.175. The molecule has 0 atom stereocenters. The van der Waals surface area contributed by atoms with Crippen molar-refractivity contribution in [2.45, 2.75) is 19.4 Å². The van der Waals surface area contributed by atoms with Crippen molar-refractivity contribution in [3.8, 4) is 0 Å². The van der Waals surface area contributed by atoms with Crippen molar-refractivity contribution in [2.24, 2.45) is 0 Å². The van der Waals surface area contributed by atoms with Gasteiger partial charge in [-0.05, 0) is 30.5 Å². The van der Waals surface area contributed by atoms with E-state index in [1.165, 1.54) is 11.3 Å². The Kier molecular flexibility index (Phi) is 4.57. The third-order valence-corrected chi connectivity index (χ3v) is 4.48. The van der Waals surface area contributed by atoms with Gasteiger partial charge in [0.25, 0.3) is 11.8 Å². The predicted molar refractivity (Wildman–Crippen MR) is 89.3 cm³/mol. The highest BCUT2D eigenvalue weighted by Gasteiger charge is 2.19. The Hall–Kier alpha value is -2.41. The van der Waals surface area contributed by atoms with Crippen molar-refractivity contribution in [3.05, 3.63) is 46.5 Å². The van der Waals surface area contributed by atoms with E-state index in [2.05, 4.69) is 10.3 Å². The van der Waals surface area contributed by atoms with E-state index in [1.54, 1.807) is 5.38 Å². The van der Waals surface area contributed by atoms with Crippen molar-refractivity contribution >= 4 is 28.3 Å². The van der Waals surface area contributed by atoms with E-state index in [9.17, 15) is 9.59 Å². The number of carbonyl (C=O) groups excluding carboxylic acids is 2. The minimum absolute atomic E-state index is 0.0797. The highest BCUT2D eigenvalue weighted by atomic mass is 32.1. The van der Waals surface area contributed by atoms with Crippen LogP contribution in [0.3, 0.4) is 0 Å². The molecular formula is C16H18N4O2S. The van der Waals surface area contributed by atoms with Crippen molar-refractivity contribution in [3.63, 3.8) is 0 Å². The summed E-state index contributed by atoms with van der Waals surface area (Å²) in [5, 5.41) is 4.79. The summed E-state index contributed by atoms with van der Waals surface area (Å²) < 4.78 is 0. The maximum atomic E-state index is 12.2. The molecule has 1 aliphatic rings. The fraction of sp³-hybridized carbons (Fsp3) is 0.312. The summed E-state index contributed by atoms with van der Waals surface area (Å²) in [5.41, 5.74) is 7.46. The number of nitrogen functional groups attached to an aromatic ring is 1. The molecule has 6 nitrogen and oxygen atoms in total. The van der Waals surface area contributed by atoms with Gasteiger partial charge >= 0.3 is 0 Å². The lowest BCUT2D eigenvalue weighted by molar-refractivity contribution is 0.0792. The van der Waals surface area contributed by atoms with Crippen molar-refractivity contribution < 1.29 is 9.59 Å². The van der Waals surface area contributed by atoms with Gasteiger partial charge in [-0.1, -0.05) is 12.1 Å². The number of amides is 2. The number of benzene rings is 1. The van der Waals surface area contributed by atoms with Gasteiger partial charge in [0.05, 0.1) is 0 Å². The number of anilines is 1. The molecule has 1 aliphatic heterocycles. The molecule has 0 aliphatic carbocycles. The van der Waals surface area contributed by atoms with E-state index < -0.39 is 0 Å². The van der Waals surface area contributed by atoms with Crippen LogP contribution in [0.5, 0.6) is 0 Å². The molecule has 1 aromatic carbocycles. The fourth-order valence-corrected chi connectivity index (χ4v) is 3.08. The lowest BCUT2D eigenvalue weighted by atomic mass is 10.1. The molecule has 120 valence electrons. The quantitative estimate of drug-likeness (QED) is 0.896. The van der Waals surface area contributed by atoms with Gasteiger partial charge in [-0.15, -0.1) is 11.3 Å². The second-order valence-electron chi connectivity index (χ2n) is 5.45. The highest BCUT2D eigenvalue weighted by Crippen LogP contribution is 2.14. The molecule has 0 bridgehead atoms. The van der Waals surface area contributed by atoms with Gasteiger partial charge < -0.3 is 16.0 Å². The third kappa shape index (κ3) is 3.68. The molecule has 0 radical (unpaired) electrons. The van der Waals surface area contributed by atoms with Crippen molar-refractivity contribution in [2.75, 3.05) is 18.8 Å². The number of aromatic nitrogens is 1. The summed E-state index contributed by atoms with van der Waals surface area (Å²) >= 11 is 1.24. The molecule has 1 saturated heterocycles. The van der Waals surface area contributed by atoms with Crippen LogP contribution in [0, 0.1) is 0 Å². The molecule has 3 N–H and O–H groups in total. The van der Waals surface area contributed by atoms with E-state index in [1.807, 2.05) is 29.2 Å². The predicted octanol–water partition coefficient (Wildman–Crippen LogP) is 1.89. The molecule has 3 rings (SSSR count). The number of carbonyl (C=O) groups is 2. The van der Waals surface area contributed by atoms with Crippen LogP contribution >= 0.6 is 11.3 Å². The van der Waals surface area contributed by atoms with E-state index in [-0.39, 0.29) is 11.8 Å². The van der Waals surface area contributed by atoms with E-state index in [0.717, 1.165) is 31.5 Å². The molecular weight excluding hydrogens is 312 g/mol. The van der Waals surface area contributed by atoms with Gasteiger partial charge in [-0.3, -0.25) is 9.59 Å². The van der Waals surface area contributed by atoms with Crippen LogP contribution in [0.1, 0.15) is 39.3 Å². The monoisotopic (exact) mass is 330 g/mol. The molecule has 2 heterocycles. The maximum Gasteiger partial charge on any atom is 0.271 e. The largest absolute Gasteiger partial charge is 0.375 e. The lowest BCUT2D eigenvalue weighted by Crippen LogP contribution is -2.27. The van der Waals surface area contributed by atoms with Gasteiger partial charge in [0.2, 0.25) is 0 Å². The second kappa shape index (κ2) is 6.78. The summed E-state index contributed by atoms with van der Waals surface area (Å²) in [6, 6.07) is 7.34. The van der Waals surface area contributed by atoms with Crippen LogP contribution < -0.4 is 11.1 Å². The van der Waals surface area contributed by atoms with Gasteiger partial charge in [-0.25, -0.2) is 4.98 Å². The van der Waals surface area contributed by atoms with Crippen LogP contribution in [-0.2, 0) is 6.54 Å². The Morgan fingerprint density at radius 2 is 1.91 bits per heavy atom. The number of hydrogen-bond donors (Lipinski definition) is 2. The van der Waals surface area contributed by atoms with Crippen LogP contribution in [-0.4, -0.2) is 34.8 Å². The molecule has 0 unspecified atom stereocenters. The minimum Gasteiger partial charge on any atom is -0.375 e. The first-order valence-electron chi connectivity index (χ1n) is 7.51. The zero-order chi connectivity index (χ0) is 16.2. The van der Waals surface area contributed by atoms with Crippen molar-refractivity contribution in [1.82, 2.24) is 15.2 Å². The molecule has 1 fully saturated rings. The average Bonchev–Trinajstić information content (AvgIpc) is 3.24. The number of thiazole rings is 1. The molecule has 0 spiro atoms. The van der Waals surface area contributed by atoms with E-state index in [0.29, 0.717) is 22.9 Å². The van der Waals surface area contributed by atoms with E-state index in [4.69, 9.17) is 5.73 Å². The number of rotatable bonds is 4. The molecule has 2 aromatic rings. The number of nitrogens with one attached hydrogen (secondary N) is 1. The van der Waals surface area contributed by atoms with E-state index >= 15 is 0 Å². The first-order valence-corrected chi connectivity index (χ1v) is 8.39. The Morgan fingerprint density at radius 1 is 1.22 bits per heavy atom. The Morgan fingerprint density at radius 3 is 2.52 bits per heavy atom. The van der Waals surface area contributed by atoms with Gasteiger partial charge in [0.15, 0.2) is 5.13 Å². The molecule has 2 amide bonds. The van der Waals surface area contributed by atoms with Gasteiger partial charge in [-0.2, -0.15) is 0 Å². The summed E-state index contributed by atoms with van der Waals surface area (Å²) in [4.78, 5) is 30.0. The topological polar surface area (TPSA) is 88.3 Å². The first-order chi connectivity index (χ1) is 11.1. The van der Waals surface area contributed by atoms with Gasteiger partial charge in [0, 0.05) is 30.6 Å². The van der Waals surface area contributed by atoms with Crippen LogP contribution in [0.25, 0.3) is 0 Å². The van der Waals surface area contributed by atoms with Crippen LogP contribution in [0.15, 0.2) is 29.6 Å². The number of likely N-dealkylation sites (tertiary alicyclic amines) is 1. The lowest BCUT2D eigenvalue weighted by Gasteiger charge is -2.15. The first kappa shape index (κ1) is 15.5. The average molecular weight is 330 g/mol. The summed E-state index contributed by atoms with van der Waals surface area (Å²) in [6.45, 7) is 2.06. The summed E-state index contributed by atoms with van der Waals surface area (Å²) in [6.07, 6.45) is 2.16.